The van der Waals surface area contributed by atoms with E-state index < -0.39 is 20.0 Å². The van der Waals surface area contributed by atoms with Gasteiger partial charge in [0.15, 0.2) is 0 Å². The molecule has 0 radical (unpaired) electrons. The fraction of sp³-hybridized carbons (Fsp3) is 0.333. The summed E-state index contributed by atoms with van der Waals surface area (Å²) in [6, 6.07) is 28.1. The SMILES string of the molecule is CCCCC1=Cc2c(ccc3ccccc23)[CH]1[Hf+2]1([CH]2C(CCCC)=Cc3c2ccc2ccccc32)[CH2][CH2]1.[Cl-].[Cl-]. The largest absolute Gasteiger partial charge is 1.00 e. The maximum absolute atomic E-state index is 2.80. The maximum atomic E-state index is 2.67. The van der Waals surface area contributed by atoms with Gasteiger partial charge in [0, 0.05) is 0 Å². The van der Waals surface area contributed by atoms with Crippen LogP contribution in [0.2, 0.25) is 8.35 Å². The molecule has 0 amide bonds. The third-order valence-electron chi connectivity index (χ3n) is 9.65. The summed E-state index contributed by atoms with van der Waals surface area (Å²) in [4.78, 5) is 0. The molecule has 1 saturated heterocycles. The second-order valence-corrected chi connectivity index (χ2v) is 28.4. The van der Waals surface area contributed by atoms with E-state index in [1.165, 1.54) is 60.1 Å². The molecule has 39 heavy (non-hydrogen) atoms. The Labute approximate surface area is 251 Å². The quantitative estimate of drug-likeness (QED) is 0.226. The molecule has 0 bridgehead atoms. The second-order valence-electron chi connectivity index (χ2n) is 11.8. The average molecular weight is 720 g/mol. The molecule has 0 aromatic heterocycles. The van der Waals surface area contributed by atoms with Crippen LogP contribution in [-0.4, -0.2) is 0 Å². The molecule has 1 aliphatic heterocycles. The molecule has 0 saturated carbocycles. The monoisotopic (exact) mass is 720 g/mol. The zero-order valence-corrected chi connectivity index (χ0v) is 28.3. The minimum atomic E-state index is -2.80. The first kappa shape index (κ1) is 28.8. The van der Waals surface area contributed by atoms with E-state index in [0.29, 0.717) is 0 Å². The van der Waals surface area contributed by atoms with Crippen molar-refractivity contribution >= 4 is 33.7 Å². The van der Waals surface area contributed by atoms with Gasteiger partial charge in [-0.15, -0.1) is 0 Å². The van der Waals surface area contributed by atoms with E-state index in [9.17, 15) is 0 Å². The third kappa shape index (κ3) is 4.71. The Kier molecular flexibility index (Phi) is 8.63. The van der Waals surface area contributed by atoms with Gasteiger partial charge in [0.25, 0.3) is 0 Å². The van der Waals surface area contributed by atoms with Gasteiger partial charge in [-0.1, -0.05) is 0 Å². The summed E-state index contributed by atoms with van der Waals surface area (Å²) in [5.41, 5.74) is 10.1. The van der Waals surface area contributed by atoms with Crippen molar-refractivity contribution in [2.24, 2.45) is 0 Å². The zero-order valence-electron chi connectivity index (χ0n) is 23.2. The number of fused-ring (bicyclic) bond motifs is 6. The van der Waals surface area contributed by atoms with E-state index in [1.54, 1.807) is 41.8 Å². The van der Waals surface area contributed by atoms with Crippen LogP contribution >= 0.6 is 0 Å². The summed E-state index contributed by atoms with van der Waals surface area (Å²) in [7, 11) is 0. The molecule has 4 aromatic rings. The molecule has 3 heteroatoms. The van der Waals surface area contributed by atoms with Crippen LogP contribution in [0.3, 0.4) is 0 Å². The number of allylic oxidation sites excluding steroid dienone is 2. The first-order valence-electron chi connectivity index (χ1n) is 14.7. The molecule has 1 heterocycles. The van der Waals surface area contributed by atoms with Crippen LogP contribution in [0.15, 0.2) is 83.9 Å². The van der Waals surface area contributed by atoms with Gasteiger partial charge in [0.2, 0.25) is 0 Å². The smallest absolute Gasteiger partial charge is 1.00 e. The molecule has 7 rings (SSSR count). The van der Waals surface area contributed by atoms with Crippen molar-refractivity contribution in [1.29, 1.82) is 0 Å². The van der Waals surface area contributed by atoms with E-state index in [4.69, 9.17) is 0 Å². The number of hydrogen-bond acceptors (Lipinski definition) is 0. The van der Waals surface area contributed by atoms with Crippen molar-refractivity contribution in [2.75, 3.05) is 0 Å². The molecule has 200 valence electrons. The van der Waals surface area contributed by atoms with Gasteiger partial charge in [-0.25, -0.2) is 0 Å². The number of hydrogen-bond donors (Lipinski definition) is 0. The van der Waals surface area contributed by atoms with Crippen LogP contribution in [-0.2, 0) is 20.0 Å². The molecule has 1 fully saturated rings. The molecule has 4 aromatic carbocycles. The molecule has 0 nitrogen and oxygen atoms in total. The van der Waals surface area contributed by atoms with Gasteiger partial charge in [0.1, 0.15) is 0 Å². The summed E-state index contributed by atoms with van der Waals surface area (Å²) in [6.07, 6.45) is 13.1. The Morgan fingerprint density at radius 3 is 1.44 bits per heavy atom. The molecule has 0 spiro atoms. The standard InChI is InChI=1S/2C17H17.C2H4.2ClH.Hf/c2*1-2-3-6-13-11-15-10-9-14-7-4-5-8-16(14)17(15)12-13;1-2;;;/h2*4-5,7-12H,2-3,6H2,1H3;1-2H2;2*1H;/q;;;;;+2/p-2. The first-order valence-corrected chi connectivity index (χ1v) is 23.9. The van der Waals surface area contributed by atoms with Crippen LogP contribution in [0.4, 0.5) is 0 Å². The predicted octanol–water partition coefficient (Wildman–Crippen LogP) is 4.96. The molecular weight excluding hydrogens is 682 g/mol. The summed E-state index contributed by atoms with van der Waals surface area (Å²) >= 11 is -2.80. The van der Waals surface area contributed by atoms with Gasteiger partial charge >= 0.3 is 228 Å². The van der Waals surface area contributed by atoms with Crippen molar-refractivity contribution < 1.29 is 44.8 Å². The minimum absolute atomic E-state index is 0. The number of halogens is 2. The van der Waals surface area contributed by atoms with Gasteiger partial charge in [0.05, 0.1) is 0 Å². The van der Waals surface area contributed by atoms with Crippen LogP contribution in [0.5, 0.6) is 0 Å². The summed E-state index contributed by atoms with van der Waals surface area (Å²) in [6.45, 7) is 4.71. The Morgan fingerprint density at radius 1 is 0.590 bits per heavy atom. The zero-order chi connectivity index (χ0) is 25.0. The van der Waals surface area contributed by atoms with E-state index in [1.807, 2.05) is 0 Å². The molecule has 2 aliphatic carbocycles. The molecule has 0 N–H and O–H groups in total. The van der Waals surface area contributed by atoms with Crippen LogP contribution in [0.25, 0.3) is 33.7 Å². The number of unbranched alkanes of at least 4 members (excludes halogenated alkanes) is 2. The van der Waals surface area contributed by atoms with Crippen LogP contribution < -0.4 is 24.8 Å². The third-order valence-corrected chi connectivity index (χ3v) is 28.8. The van der Waals surface area contributed by atoms with Crippen molar-refractivity contribution in [3.05, 3.63) is 106 Å². The Balaban J connectivity index is 0.00000154. The summed E-state index contributed by atoms with van der Waals surface area (Å²) in [5, 5.41) is 5.74. The number of rotatable bonds is 8. The summed E-state index contributed by atoms with van der Waals surface area (Å²) in [5.74, 6) is 0. The Morgan fingerprint density at radius 2 is 1.03 bits per heavy atom. The van der Waals surface area contributed by atoms with E-state index in [-0.39, 0.29) is 24.8 Å². The molecule has 2 unspecified atom stereocenters. The normalized spacial score (nSPS) is 19.2. The maximum Gasteiger partial charge on any atom is -1.00 e. The van der Waals surface area contributed by atoms with Crippen molar-refractivity contribution in [3.63, 3.8) is 0 Å². The Hall–Kier alpha value is -1.67. The van der Waals surface area contributed by atoms with Crippen molar-refractivity contribution in [3.8, 4) is 0 Å². The molecular formula is C36H38Cl2Hf. The minimum Gasteiger partial charge on any atom is -1.00 e. The van der Waals surface area contributed by atoms with Gasteiger partial charge < -0.3 is 24.8 Å². The second kappa shape index (κ2) is 11.7. The van der Waals surface area contributed by atoms with E-state index >= 15 is 0 Å². The van der Waals surface area contributed by atoms with Gasteiger partial charge in [-0.3, -0.25) is 0 Å². The van der Waals surface area contributed by atoms with Crippen molar-refractivity contribution in [2.45, 2.75) is 68.1 Å². The topological polar surface area (TPSA) is 0 Å². The average Bonchev–Trinajstić information content (AvgIpc) is 3.48. The van der Waals surface area contributed by atoms with E-state index in [2.05, 4.69) is 98.8 Å². The first-order chi connectivity index (χ1) is 18.2. The summed E-state index contributed by atoms with van der Waals surface area (Å²) < 4.78 is 4.67. The Bertz CT molecular complexity index is 1460. The fourth-order valence-electron chi connectivity index (χ4n) is 7.83. The van der Waals surface area contributed by atoms with Gasteiger partial charge in [-0.05, 0) is 0 Å². The molecule has 2 atom stereocenters. The van der Waals surface area contributed by atoms with Crippen LogP contribution in [0, 0.1) is 0 Å². The predicted molar refractivity (Wildman–Crippen MR) is 158 cm³/mol. The fourth-order valence-corrected chi connectivity index (χ4v) is 35.9. The van der Waals surface area contributed by atoms with Crippen LogP contribution in [0.1, 0.15) is 82.0 Å². The van der Waals surface area contributed by atoms with E-state index in [0.717, 1.165) is 7.35 Å². The van der Waals surface area contributed by atoms with Gasteiger partial charge in [-0.2, -0.15) is 0 Å². The van der Waals surface area contributed by atoms with Crippen molar-refractivity contribution in [1.82, 2.24) is 0 Å². The number of benzene rings is 4. The molecule has 3 aliphatic rings.